The molecule has 1 amide bonds. The zero-order valence-electron chi connectivity index (χ0n) is 19.0. The highest BCUT2D eigenvalue weighted by molar-refractivity contribution is 7.20. The van der Waals surface area contributed by atoms with Crippen molar-refractivity contribution in [3.8, 4) is 0 Å². The minimum Gasteiger partial charge on any atom is -0.393 e. The number of likely N-dealkylation sites (tertiary alicyclic amines) is 1. The zero-order valence-corrected chi connectivity index (χ0v) is 19.9. The summed E-state index contributed by atoms with van der Waals surface area (Å²) in [7, 11) is 0. The van der Waals surface area contributed by atoms with Crippen LogP contribution in [0, 0.1) is 6.92 Å². The molecule has 3 aromatic heterocycles. The van der Waals surface area contributed by atoms with Crippen LogP contribution >= 0.6 is 11.3 Å². The first-order chi connectivity index (χ1) is 16.6. The summed E-state index contributed by atoms with van der Waals surface area (Å²) >= 11 is 0.874. The Labute approximate surface area is 202 Å². The summed E-state index contributed by atoms with van der Waals surface area (Å²) in [6.45, 7) is 1.56. The van der Waals surface area contributed by atoms with Crippen molar-refractivity contribution in [1.82, 2.24) is 19.0 Å². The normalized spacial score (nSPS) is 15.2. The third-order valence-electron chi connectivity index (χ3n) is 6.21. The van der Waals surface area contributed by atoms with Crippen LogP contribution in [-0.2, 0) is 19.5 Å². The van der Waals surface area contributed by atoms with Crippen molar-refractivity contribution >= 4 is 27.5 Å². The molecule has 0 spiro atoms. The van der Waals surface area contributed by atoms with Crippen molar-refractivity contribution in [3.05, 3.63) is 61.4 Å². The van der Waals surface area contributed by atoms with Gasteiger partial charge in [0.2, 0.25) is 0 Å². The molecule has 0 bridgehead atoms. The number of amides is 1. The van der Waals surface area contributed by atoms with Crippen LogP contribution in [0.5, 0.6) is 0 Å². The number of alkyl halides is 3. The number of pyridine rings is 1. The maximum atomic E-state index is 13.4. The highest BCUT2D eigenvalue weighted by atomic mass is 32.1. The number of nitrogens with zero attached hydrogens (tertiary/aromatic N) is 4. The predicted octanol–water partition coefficient (Wildman–Crippen LogP) is 2.72. The summed E-state index contributed by atoms with van der Waals surface area (Å²) < 4.78 is 41.0. The Bertz CT molecular complexity index is 1340. The standard InChI is InChI=1S/C23H25F3N4O4S/c1-14-17-19(32)29(11-4-15-3-2-8-27-13-15)22(34)30(12-7-23(24,25)26)21(17)35-18(14)20(33)28-9-5-16(31)6-10-28/h2-3,8,13,16,31H,4-7,9-12H2,1H3. The lowest BCUT2D eigenvalue weighted by molar-refractivity contribution is -0.136. The van der Waals surface area contributed by atoms with Crippen molar-refractivity contribution < 1.29 is 23.1 Å². The number of rotatable bonds is 6. The first kappa shape index (κ1) is 25.1. The van der Waals surface area contributed by atoms with E-state index in [4.69, 9.17) is 0 Å². The lowest BCUT2D eigenvalue weighted by atomic mass is 10.1. The summed E-state index contributed by atoms with van der Waals surface area (Å²) in [6.07, 6.45) is -1.91. The van der Waals surface area contributed by atoms with Gasteiger partial charge in [-0.3, -0.25) is 23.7 Å². The fourth-order valence-corrected chi connectivity index (χ4v) is 5.52. The molecule has 4 rings (SSSR count). The molecular weight excluding hydrogens is 485 g/mol. The molecule has 0 atom stereocenters. The lowest BCUT2D eigenvalue weighted by Gasteiger charge is -2.29. The van der Waals surface area contributed by atoms with Crippen LogP contribution in [0.1, 0.15) is 40.1 Å². The second-order valence-corrected chi connectivity index (χ2v) is 9.63. The fourth-order valence-electron chi connectivity index (χ4n) is 4.23. The van der Waals surface area contributed by atoms with Gasteiger partial charge < -0.3 is 10.0 Å². The van der Waals surface area contributed by atoms with Crippen molar-refractivity contribution in [2.45, 2.75) is 58.0 Å². The maximum absolute atomic E-state index is 13.4. The van der Waals surface area contributed by atoms with Crippen molar-refractivity contribution in [2.24, 2.45) is 0 Å². The first-order valence-electron chi connectivity index (χ1n) is 11.3. The van der Waals surface area contributed by atoms with Gasteiger partial charge in [0.25, 0.3) is 11.5 Å². The average molecular weight is 511 g/mol. The Hall–Kier alpha value is -2.99. The van der Waals surface area contributed by atoms with Crippen molar-refractivity contribution in [3.63, 3.8) is 0 Å². The topological polar surface area (TPSA) is 97.4 Å². The maximum Gasteiger partial charge on any atom is 0.390 e. The van der Waals surface area contributed by atoms with Gasteiger partial charge in [-0.25, -0.2) is 4.79 Å². The van der Waals surface area contributed by atoms with Gasteiger partial charge in [-0.2, -0.15) is 13.2 Å². The zero-order chi connectivity index (χ0) is 25.3. The molecule has 0 aromatic carbocycles. The van der Waals surface area contributed by atoms with Crippen molar-refractivity contribution in [2.75, 3.05) is 13.1 Å². The molecule has 1 aliphatic rings. The summed E-state index contributed by atoms with van der Waals surface area (Å²) in [4.78, 5) is 45.6. The van der Waals surface area contributed by atoms with Gasteiger partial charge >= 0.3 is 11.9 Å². The number of carbonyl (C=O) groups is 1. The number of aromatic nitrogens is 3. The van der Waals surface area contributed by atoms with E-state index in [1.807, 2.05) is 0 Å². The van der Waals surface area contributed by atoms with Gasteiger partial charge in [0.15, 0.2) is 0 Å². The van der Waals surface area contributed by atoms with E-state index < -0.39 is 36.5 Å². The van der Waals surface area contributed by atoms with E-state index in [2.05, 4.69) is 4.98 Å². The molecule has 12 heteroatoms. The molecule has 0 saturated carbocycles. The SMILES string of the molecule is Cc1c(C(=O)N2CCC(O)CC2)sc2c1c(=O)n(CCc1cccnc1)c(=O)n2CCC(F)(F)F. The smallest absolute Gasteiger partial charge is 0.390 e. The van der Waals surface area contributed by atoms with Gasteiger partial charge in [0, 0.05) is 38.6 Å². The molecule has 0 radical (unpaired) electrons. The molecule has 0 aliphatic carbocycles. The fraction of sp³-hybridized carbons (Fsp3) is 0.478. The van der Waals surface area contributed by atoms with Gasteiger partial charge in [-0.05, 0) is 43.4 Å². The minimum atomic E-state index is -4.50. The molecule has 0 unspecified atom stereocenters. The van der Waals surface area contributed by atoms with E-state index in [-0.39, 0.29) is 27.5 Å². The minimum absolute atomic E-state index is 0.0338. The highest BCUT2D eigenvalue weighted by Crippen LogP contribution is 2.31. The second-order valence-electron chi connectivity index (χ2n) is 8.63. The number of halogens is 3. The predicted molar refractivity (Wildman–Crippen MR) is 125 cm³/mol. The lowest BCUT2D eigenvalue weighted by Crippen LogP contribution is -2.41. The number of aryl methyl sites for hydroxylation is 3. The van der Waals surface area contributed by atoms with E-state index in [9.17, 15) is 32.7 Å². The molecule has 3 aromatic rings. The number of hydrogen-bond donors (Lipinski definition) is 1. The Morgan fingerprint density at radius 2 is 1.91 bits per heavy atom. The molecule has 1 aliphatic heterocycles. The number of carbonyl (C=O) groups excluding carboxylic acids is 1. The van der Waals surface area contributed by atoms with Crippen LogP contribution in [0.2, 0.25) is 0 Å². The Kier molecular flexibility index (Phi) is 7.13. The van der Waals surface area contributed by atoms with Gasteiger partial charge in [0.1, 0.15) is 4.83 Å². The molecule has 1 N–H and O–H groups in total. The highest BCUT2D eigenvalue weighted by Gasteiger charge is 2.31. The number of thiophene rings is 1. The van der Waals surface area contributed by atoms with Crippen molar-refractivity contribution in [1.29, 1.82) is 0 Å². The number of hydrogen-bond acceptors (Lipinski definition) is 6. The third kappa shape index (κ3) is 5.32. The summed E-state index contributed by atoms with van der Waals surface area (Å²) in [5.41, 5.74) is -0.344. The molecule has 35 heavy (non-hydrogen) atoms. The molecular formula is C23H25F3N4O4S. The second kappa shape index (κ2) is 9.94. The summed E-state index contributed by atoms with van der Waals surface area (Å²) in [5.74, 6) is -0.355. The third-order valence-corrected chi connectivity index (χ3v) is 7.51. The first-order valence-corrected chi connectivity index (χ1v) is 12.1. The Morgan fingerprint density at radius 1 is 1.20 bits per heavy atom. The molecule has 1 fully saturated rings. The number of piperidine rings is 1. The molecule has 8 nitrogen and oxygen atoms in total. The van der Waals surface area contributed by atoms with Crippen LogP contribution in [0.4, 0.5) is 13.2 Å². The average Bonchev–Trinajstić information content (AvgIpc) is 3.16. The number of aliphatic hydroxyl groups is 1. The van der Waals surface area contributed by atoms with Gasteiger partial charge in [-0.15, -0.1) is 11.3 Å². The Morgan fingerprint density at radius 3 is 2.54 bits per heavy atom. The summed E-state index contributed by atoms with van der Waals surface area (Å²) in [5, 5.41) is 9.81. The molecule has 188 valence electrons. The molecule has 4 heterocycles. The number of fused-ring (bicyclic) bond motifs is 1. The van der Waals surface area contributed by atoms with Crippen LogP contribution < -0.4 is 11.2 Å². The Balaban J connectivity index is 1.80. The number of aliphatic hydroxyl groups excluding tert-OH is 1. The quantitative estimate of drug-likeness (QED) is 0.550. The largest absolute Gasteiger partial charge is 0.393 e. The summed E-state index contributed by atoms with van der Waals surface area (Å²) in [6, 6.07) is 3.49. The van der Waals surface area contributed by atoms with Gasteiger partial charge in [-0.1, -0.05) is 6.07 Å². The van der Waals surface area contributed by atoms with E-state index in [0.717, 1.165) is 26.0 Å². The monoisotopic (exact) mass is 510 g/mol. The molecule has 1 saturated heterocycles. The van der Waals surface area contributed by atoms with E-state index in [0.29, 0.717) is 37.9 Å². The van der Waals surface area contributed by atoms with Crippen LogP contribution in [0.25, 0.3) is 10.2 Å². The van der Waals surface area contributed by atoms with E-state index >= 15 is 0 Å². The van der Waals surface area contributed by atoms with Crippen LogP contribution in [-0.4, -0.2) is 55.4 Å². The van der Waals surface area contributed by atoms with E-state index in [1.165, 1.54) is 0 Å². The van der Waals surface area contributed by atoms with Crippen LogP contribution in [0.3, 0.4) is 0 Å². The van der Waals surface area contributed by atoms with Gasteiger partial charge in [0.05, 0.1) is 22.8 Å². The van der Waals surface area contributed by atoms with Crippen LogP contribution in [0.15, 0.2) is 34.1 Å². The van der Waals surface area contributed by atoms with E-state index in [1.54, 1.807) is 36.4 Å².